The second-order valence-electron chi connectivity index (χ2n) is 8.17. The third kappa shape index (κ3) is 3.82. The summed E-state index contributed by atoms with van der Waals surface area (Å²) in [7, 11) is 0. The smallest absolute Gasteiger partial charge is 0.246 e. The zero-order valence-corrected chi connectivity index (χ0v) is 16.6. The van der Waals surface area contributed by atoms with Crippen LogP contribution in [0.1, 0.15) is 38.3 Å². The van der Waals surface area contributed by atoms with E-state index in [9.17, 15) is 13.6 Å². The van der Waals surface area contributed by atoms with Crippen molar-refractivity contribution >= 4 is 17.9 Å². The molecule has 30 heavy (non-hydrogen) atoms. The summed E-state index contributed by atoms with van der Waals surface area (Å²) in [6, 6.07) is 3.23. The Balaban J connectivity index is 1.43. The molecule has 9 heteroatoms. The average Bonchev–Trinajstić information content (AvgIpc) is 3.23. The molecule has 3 aliphatic rings. The normalized spacial score (nSPS) is 26.9. The number of nitrogens with zero attached hydrogens (tertiary/aromatic N) is 6. The van der Waals surface area contributed by atoms with Crippen LogP contribution in [0.4, 0.5) is 14.6 Å². The minimum absolute atomic E-state index is 0.0472. The minimum Gasteiger partial charge on any atom is -0.356 e. The highest BCUT2D eigenvalue weighted by molar-refractivity contribution is 5.82. The number of aromatic nitrogens is 2. The molecule has 0 bridgehead atoms. The quantitative estimate of drug-likeness (QED) is 0.761. The summed E-state index contributed by atoms with van der Waals surface area (Å²) in [4.78, 5) is 23.3. The summed E-state index contributed by atoms with van der Waals surface area (Å²) >= 11 is 0. The number of piperidine rings is 1. The van der Waals surface area contributed by atoms with E-state index in [0.29, 0.717) is 43.9 Å². The van der Waals surface area contributed by atoms with E-state index in [-0.39, 0.29) is 18.2 Å². The van der Waals surface area contributed by atoms with Crippen molar-refractivity contribution in [1.29, 1.82) is 5.26 Å². The number of anilines is 1. The van der Waals surface area contributed by atoms with E-state index in [1.165, 1.54) is 17.4 Å². The molecule has 1 aromatic rings. The maximum absolute atomic E-state index is 13.9. The molecular weight excluding hydrogens is 390 g/mol. The van der Waals surface area contributed by atoms with E-state index in [2.05, 4.69) is 15.1 Å². The summed E-state index contributed by atoms with van der Waals surface area (Å²) in [6.45, 7) is 3.00. The van der Waals surface area contributed by atoms with Gasteiger partial charge in [-0.25, -0.2) is 23.8 Å². The molecule has 2 aliphatic heterocycles. The lowest BCUT2D eigenvalue weighted by Gasteiger charge is -2.40. The Morgan fingerprint density at radius 2 is 2.07 bits per heavy atom. The summed E-state index contributed by atoms with van der Waals surface area (Å²) < 4.78 is 27.8. The number of carbonyl (C=O) groups is 1. The number of hydrogen-bond donors (Lipinski definition) is 0. The third-order valence-electron chi connectivity index (χ3n) is 6.06. The molecule has 0 saturated carbocycles. The van der Waals surface area contributed by atoms with Gasteiger partial charge in [-0.15, -0.1) is 0 Å². The van der Waals surface area contributed by atoms with Gasteiger partial charge in [0.15, 0.2) is 0 Å². The molecule has 1 amide bonds. The first-order chi connectivity index (χ1) is 14.4. The third-order valence-corrected chi connectivity index (χ3v) is 6.06. The average molecular weight is 412 g/mol. The summed E-state index contributed by atoms with van der Waals surface area (Å²) in [5.74, 6) is -0.805. The predicted molar refractivity (Wildman–Crippen MR) is 107 cm³/mol. The molecule has 4 rings (SSSR count). The van der Waals surface area contributed by atoms with Gasteiger partial charge >= 0.3 is 0 Å². The first kappa shape index (κ1) is 20.1. The van der Waals surface area contributed by atoms with Gasteiger partial charge in [0.2, 0.25) is 5.91 Å². The van der Waals surface area contributed by atoms with Gasteiger partial charge in [-0.1, -0.05) is 6.92 Å². The van der Waals surface area contributed by atoms with E-state index in [0.717, 1.165) is 6.08 Å². The largest absolute Gasteiger partial charge is 0.356 e. The van der Waals surface area contributed by atoms with E-state index in [4.69, 9.17) is 5.26 Å². The molecule has 3 heterocycles. The van der Waals surface area contributed by atoms with Gasteiger partial charge in [0.1, 0.15) is 35.6 Å². The molecule has 1 saturated heterocycles. The Labute approximate surface area is 173 Å². The number of hydrazone groups is 1. The molecule has 0 spiro atoms. The fourth-order valence-electron chi connectivity index (χ4n) is 4.48. The maximum atomic E-state index is 13.9. The summed E-state index contributed by atoms with van der Waals surface area (Å²) in [6.07, 6.45) is 7.04. The molecule has 1 aromatic heterocycles. The molecule has 0 aromatic carbocycles. The highest BCUT2D eigenvalue weighted by atomic mass is 19.1. The lowest BCUT2D eigenvalue weighted by molar-refractivity contribution is -0.140. The predicted octanol–water partition coefficient (Wildman–Crippen LogP) is 3.27. The first-order valence-corrected chi connectivity index (χ1v) is 9.96. The van der Waals surface area contributed by atoms with Gasteiger partial charge in [-0.2, -0.15) is 10.4 Å². The summed E-state index contributed by atoms with van der Waals surface area (Å²) in [5.41, 5.74) is -0.542. The van der Waals surface area contributed by atoms with Crippen molar-refractivity contribution < 1.29 is 13.6 Å². The van der Waals surface area contributed by atoms with Crippen molar-refractivity contribution in [2.75, 3.05) is 18.0 Å². The molecule has 7 nitrogen and oxygen atoms in total. The van der Waals surface area contributed by atoms with Crippen molar-refractivity contribution in [3.8, 4) is 6.07 Å². The van der Waals surface area contributed by atoms with Crippen molar-refractivity contribution in [2.45, 2.75) is 38.6 Å². The topological polar surface area (TPSA) is 85.5 Å². The van der Waals surface area contributed by atoms with Crippen LogP contribution in [0.5, 0.6) is 0 Å². The van der Waals surface area contributed by atoms with Crippen LogP contribution in [0.3, 0.4) is 0 Å². The van der Waals surface area contributed by atoms with Crippen molar-refractivity contribution in [3.05, 3.63) is 41.9 Å². The highest BCUT2D eigenvalue weighted by Gasteiger charge is 2.44. The van der Waals surface area contributed by atoms with E-state index >= 15 is 0 Å². The second-order valence-corrected chi connectivity index (χ2v) is 8.17. The Morgan fingerprint density at radius 3 is 2.77 bits per heavy atom. The number of hydrogen-bond acceptors (Lipinski definition) is 6. The van der Waals surface area contributed by atoms with Crippen LogP contribution in [0.2, 0.25) is 0 Å². The lowest BCUT2D eigenvalue weighted by atomic mass is 9.75. The highest BCUT2D eigenvalue weighted by Crippen LogP contribution is 2.43. The monoisotopic (exact) mass is 412 g/mol. The fourth-order valence-corrected chi connectivity index (χ4v) is 4.48. The second kappa shape index (κ2) is 7.94. The Kier molecular flexibility index (Phi) is 5.33. The molecular formula is C21H22F2N6O. The number of allylic oxidation sites excluding steroid dienone is 3. The van der Waals surface area contributed by atoms with Crippen molar-refractivity contribution in [2.24, 2.45) is 16.4 Å². The molecule has 2 atom stereocenters. The molecule has 1 aliphatic carbocycles. The van der Waals surface area contributed by atoms with Crippen LogP contribution in [0.15, 0.2) is 41.3 Å². The number of amides is 1. The molecule has 156 valence electrons. The van der Waals surface area contributed by atoms with Gasteiger partial charge in [-0.3, -0.25) is 4.79 Å². The fraction of sp³-hybridized carbons (Fsp3) is 0.476. The zero-order valence-electron chi connectivity index (χ0n) is 16.6. The van der Waals surface area contributed by atoms with Crippen LogP contribution in [-0.2, 0) is 4.79 Å². The standard InChI is InChI=1S/C21H22F2N6O/c1-21(10-15(22)8-16(23)11-21)18-2-5-27-29(18)20(30)14-3-6-28(7-4-14)19-9-17(12-24)25-13-26-19/h5,8-10,13-14,18H,2-4,6-7,11H2,1H3/t18-,21?/m0/s1. The van der Waals surface area contributed by atoms with Crippen LogP contribution in [-0.4, -0.2) is 46.2 Å². The minimum atomic E-state index is -0.843. The van der Waals surface area contributed by atoms with Gasteiger partial charge in [-0.05, 0) is 18.9 Å². The molecule has 0 radical (unpaired) electrons. The van der Waals surface area contributed by atoms with Crippen LogP contribution >= 0.6 is 0 Å². The first-order valence-electron chi connectivity index (χ1n) is 9.96. The molecule has 1 fully saturated rings. The lowest BCUT2D eigenvalue weighted by Crippen LogP contribution is -2.48. The van der Waals surface area contributed by atoms with Gasteiger partial charge in [0, 0.05) is 55.6 Å². The number of nitriles is 1. The van der Waals surface area contributed by atoms with Crippen LogP contribution < -0.4 is 4.90 Å². The van der Waals surface area contributed by atoms with Crippen LogP contribution in [0, 0.1) is 22.7 Å². The molecule has 0 N–H and O–H groups in total. The van der Waals surface area contributed by atoms with E-state index < -0.39 is 23.1 Å². The van der Waals surface area contributed by atoms with Gasteiger partial charge in [0.25, 0.3) is 0 Å². The number of rotatable bonds is 3. The Morgan fingerprint density at radius 1 is 1.30 bits per heavy atom. The molecule has 1 unspecified atom stereocenters. The van der Waals surface area contributed by atoms with Gasteiger partial charge < -0.3 is 4.90 Å². The van der Waals surface area contributed by atoms with Crippen LogP contribution in [0.25, 0.3) is 0 Å². The van der Waals surface area contributed by atoms with E-state index in [1.807, 2.05) is 11.0 Å². The van der Waals surface area contributed by atoms with Gasteiger partial charge in [0.05, 0.1) is 6.04 Å². The number of halogens is 2. The SMILES string of the molecule is CC1([C@@H]2CC=NN2C(=O)C2CCN(c3cc(C#N)ncn3)CC2)C=C(F)C=C(F)C1. The summed E-state index contributed by atoms with van der Waals surface area (Å²) in [5, 5.41) is 14.7. The van der Waals surface area contributed by atoms with Crippen molar-refractivity contribution in [1.82, 2.24) is 15.0 Å². The van der Waals surface area contributed by atoms with E-state index in [1.54, 1.807) is 19.2 Å². The van der Waals surface area contributed by atoms with Crippen molar-refractivity contribution in [3.63, 3.8) is 0 Å². The maximum Gasteiger partial charge on any atom is 0.246 e. The Hall–Kier alpha value is -3.15. The zero-order chi connectivity index (χ0) is 21.3. The number of carbonyl (C=O) groups excluding carboxylic acids is 1. The Bertz CT molecular complexity index is 976.